The van der Waals surface area contributed by atoms with E-state index in [4.69, 9.17) is 16.3 Å². The van der Waals surface area contributed by atoms with E-state index < -0.39 is 0 Å². The molecule has 1 unspecified atom stereocenters. The Morgan fingerprint density at radius 2 is 2.19 bits per heavy atom. The quantitative estimate of drug-likeness (QED) is 0.711. The van der Waals surface area contributed by atoms with Crippen LogP contribution in [0.3, 0.4) is 0 Å². The number of aromatic nitrogens is 2. The van der Waals surface area contributed by atoms with Gasteiger partial charge in [0.05, 0.1) is 25.6 Å². The summed E-state index contributed by atoms with van der Waals surface area (Å²) in [6, 6.07) is 9.05. The van der Waals surface area contributed by atoms with Crippen molar-refractivity contribution in [2.75, 3.05) is 20.3 Å². The number of hydrogen-bond donors (Lipinski definition) is 2. The third-order valence-electron chi connectivity index (χ3n) is 4.21. The van der Waals surface area contributed by atoms with Crippen LogP contribution >= 0.6 is 11.6 Å². The van der Waals surface area contributed by atoms with Gasteiger partial charge in [-0.1, -0.05) is 29.8 Å². The van der Waals surface area contributed by atoms with E-state index in [2.05, 4.69) is 15.7 Å². The Hall–Kier alpha value is -2.38. The predicted molar refractivity (Wildman–Crippen MR) is 97.2 cm³/mol. The molecule has 3 rings (SSSR count). The fraction of sp³-hybridized carbons (Fsp3) is 0.389. The molecule has 7 nitrogen and oxygen atoms in total. The molecule has 1 aromatic carbocycles. The van der Waals surface area contributed by atoms with Gasteiger partial charge in [-0.2, -0.15) is 5.10 Å². The summed E-state index contributed by atoms with van der Waals surface area (Å²) in [4.78, 5) is 24.2. The van der Waals surface area contributed by atoms with Gasteiger partial charge in [0.1, 0.15) is 5.69 Å². The number of nitrogens with zero attached hydrogens (tertiary/aromatic N) is 2. The number of ether oxygens (including phenoxy) is 1. The zero-order chi connectivity index (χ0) is 18.5. The van der Waals surface area contributed by atoms with Crippen molar-refractivity contribution in [2.45, 2.75) is 25.4 Å². The first-order valence-electron chi connectivity index (χ1n) is 8.43. The topological polar surface area (TPSA) is 85.2 Å². The van der Waals surface area contributed by atoms with E-state index in [1.165, 1.54) is 0 Å². The van der Waals surface area contributed by atoms with Crippen LogP contribution in [0.4, 0.5) is 0 Å². The zero-order valence-electron chi connectivity index (χ0n) is 14.5. The van der Waals surface area contributed by atoms with Gasteiger partial charge in [0.15, 0.2) is 0 Å². The molecule has 0 saturated carbocycles. The van der Waals surface area contributed by atoms with E-state index in [0.717, 1.165) is 11.3 Å². The maximum Gasteiger partial charge on any atom is 0.271 e. The molecule has 1 atom stereocenters. The molecule has 0 bridgehead atoms. The smallest absolute Gasteiger partial charge is 0.271 e. The van der Waals surface area contributed by atoms with Crippen molar-refractivity contribution in [2.24, 2.45) is 0 Å². The lowest BCUT2D eigenvalue weighted by Gasteiger charge is -2.12. The highest BCUT2D eigenvalue weighted by molar-refractivity contribution is 6.31. The van der Waals surface area contributed by atoms with Gasteiger partial charge >= 0.3 is 0 Å². The van der Waals surface area contributed by atoms with Gasteiger partial charge in [-0.15, -0.1) is 0 Å². The fourth-order valence-electron chi connectivity index (χ4n) is 2.96. The Kier molecular flexibility index (Phi) is 5.90. The molecule has 2 heterocycles. The van der Waals surface area contributed by atoms with E-state index in [1.807, 2.05) is 18.2 Å². The monoisotopic (exact) mass is 376 g/mol. The molecule has 138 valence electrons. The lowest BCUT2D eigenvalue weighted by atomic mass is 10.1. The molecule has 8 heteroatoms. The second kappa shape index (κ2) is 8.33. The number of carbonyl (C=O) groups excluding carboxylic acids is 2. The van der Waals surface area contributed by atoms with Crippen LogP contribution in [0.5, 0.6) is 0 Å². The summed E-state index contributed by atoms with van der Waals surface area (Å²) in [6.07, 6.45) is 0.887. The van der Waals surface area contributed by atoms with Crippen molar-refractivity contribution >= 4 is 23.4 Å². The highest BCUT2D eigenvalue weighted by Crippen LogP contribution is 2.18. The molecule has 26 heavy (non-hydrogen) atoms. The molecule has 1 aliphatic rings. The van der Waals surface area contributed by atoms with E-state index >= 15 is 0 Å². The molecule has 2 N–H and O–H groups in total. The minimum atomic E-state index is -0.219. The summed E-state index contributed by atoms with van der Waals surface area (Å²) in [5.74, 6) is -0.297. The average Bonchev–Trinajstić information content (AvgIpc) is 3.15. The Bertz CT molecular complexity index is 782. The van der Waals surface area contributed by atoms with E-state index in [0.29, 0.717) is 36.8 Å². The van der Waals surface area contributed by atoms with Crippen LogP contribution < -0.4 is 10.6 Å². The second-order valence-electron chi connectivity index (χ2n) is 6.19. The first-order valence-corrected chi connectivity index (χ1v) is 8.81. The molecule has 1 aliphatic heterocycles. The van der Waals surface area contributed by atoms with Crippen LogP contribution in [0.2, 0.25) is 5.02 Å². The van der Waals surface area contributed by atoms with Crippen LogP contribution in [0.1, 0.15) is 21.7 Å². The number of benzene rings is 1. The van der Waals surface area contributed by atoms with Gasteiger partial charge in [-0.3, -0.25) is 14.3 Å². The minimum absolute atomic E-state index is 0.0295. The summed E-state index contributed by atoms with van der Waals surface area (Å²) >= 11 is 6.09. The van der Waals surface area contributed by atoms with Gasteiger partial charge in [0.25, 0.3) is 5.91 Å². The van der Waals surface area contributed by atoms with Crippen molar-refractivity contribution in [3.8, 4) is 0 Å². The normalized spacial score (nSPS) is 15.5. The van der Waals surface area contributed by atoms with E-state index in [9.17, 15) is 9.59 Å². The van der Waals surface area contributed by atoms with Gasteiger partial charge in [0, 0.05) is 30.8 Å². The third-order valence-corrected chi connectivity index (χ3v) is 4.58. The SMILES string of the molecule is COCCNC(=O)c1cc2n(n1)CC(NC(=O)Cc1ccccc1Cl)C2. The van der Waals surface area contributed by atoms with E-state index in [1.54, 1.807) is 23.9 Å². The molecule has 0 saturated heterocycles. The molecular weight excluding hydrogens is 356 g/mol. The summed E-state index contributed by atoms with van der Waals surface area (Å²) in [5.41, 5.74) is 2.12. The van der Waals surface area contributed by atoms with Crippen molar-refractivity contribution < 1.29 is 14.3 Å². The second-order valence-corrected chi connectivity index (χ2v) is 6.60. The summed E-state index contributed by atoms with van der Waals surface area (Å²) in [5, 5.41) is 10.7. The highest BCUT2D eigenvalue weighted by atomic mass is 35.5. The molecule has 0 radical (unpaired) electrons. The number of halogens is 1. The lowest BCUT2D eigenvalue weighted by Crippen LogP contribution is -2.37. The Morgan fingerprint density at radius 1 is 1.38 bits per heavy atom. The van der Waals surface area contributed by atoms with Crippen molar-refractivity contribution in [1.29, 1.82) is 0 Å². The van der Waals surface area contributed by atoms with Crippen molar-refractivity contribution in [3.05, 3.63) is 52.3 Å². The van der Waals surface area contributed by atoms with Gasteiger partial charge in [0.2, 0.25) is 5.91 Å². The van der Waals surface area contributed by atoms with Gasteiger partial charge < -0.3 is 15.4 Å². The summed E-state index contributed by atoms with van der Waals surface area (Å²) in [6.45, 7) is 1.45. The van der Waals surface area contributed by atoms with Crippen molar-refractivity contribution in [1.82, 2.24) is 20.4 Å². The molecule has 0 fully saturated rings. The van der Waals surface area contributed by atoms with Crippen LogP contribution in [-0.4, -0.2) is 47.9 Å². The number of rotatable bonds is 7. The van der Waals surface area contributed by atoms with Crippen LogP contribution in [-0.2, 0) is 28.9 Å². The lowest BCUT2D eigenvalue weighted by molar-refractivity contribution is -0.121. The average molecular weight is 377 g/mol. The maximum atomic E-state index is 12.2. The van der Waals surface area contributed by atoms with E-state index in [-0.39, 0.29) is 24.3 Å². The van der Waals surface area contributed by atoms with Crippen molar-refractivity contribution in [3.63, 3.8) is 0 Å². The fourth-order valence-corrected chi connectivity index (χ4v) is 3.16. The van der Waals surface area contributed by atoms with Gasteiger partial charge in [-0.25, -0.2) is 0 Å². The summed E-state index contributed by atoms with van der Waals surface area (Å²) in [7, 11) is 1.58. The van der Waals surface area contributed by atoms with Crippen LogP contribution in [0, 0.1) is 0 Å². The Labute approximate surface area is 156 Å². The first kappa shape index (κ1) is 18.4. The number of carbonyl (C=O) groups is 2. The number of amides is 2. The van der Waals surface area contributed by atoms with Crippen LogP contribution in [0.15, 0.2) is 30.3 Å². The molecule has 0 aliphatic carbocycles. The largest absolute Gasteiger partial charge is 0.383 e. The Morgan fingerprint density at radius 3 is 2.92 bits per heavy atom. The zero-order valence-corrected chi connectivity index (χ0v) is 15.3. The molecular formula is C18H21ClN4O3. The molecule has 0 spiro atoms. The van der Waals surface area contributed by atoms with Crippen LogP contribution in [0.25, 0.3) is 0 Å². The molecule has 1 aromatic heterocycles. The highest BCUT2D eigenvalue weighted by Gasteiger charge is 2.26. The standard InChI is InChI=1S/C18H21ClN4O3/c1-26-7-6-20-18(25)16-10-14-9-13(11-23(14)22-16)21-17(24)8-12-4-2-3-5-15(12)19/h2-5,10,13H,6-9,11H2,1H3,(H,20,25)(H,21,24). The molecule has 2 aromatic rings. The first-order chi connectivity index (χ1) is 12.6. The molecule has 2 amide bonds. The van der Waals surface area contributed by atoms with Gasteiger partial charge in [-0.05, 0) is 17.7 Å². The third kappa shape index (κ3) is 4.42. The number of methoxy groups -OCH3 is 1. The summed E-state index contributed by atoms with van der Waals surface area (Å²) < 4.78 is 6.67. The minimum Gasteiger partial charge on any atom is -0.383 e. The number of nitrogens with one attached hydrogen (secondary N) is 2. The number of fused-ring (bicyclic) bond motifs is 1. The predicted octanol–water partition coefficient (Wildman–Crippen LogP) is 1.20. The maximum absolute atomic E-state index is 12.2. The number of hydrogen-bond acceptors (Lipinski definition) is 4. The Balaban J connectivity index is 1.51.